The minimum Gasteiger partial charge on any atom is -0.490 e. The number of rotatable bonds is 11. The molecule has 0 spiro atoms. The number of ether oxygens (including phenoxy) is 1. The van der Waals surface area contributed by atoms with Crippen LogP contribution in [0, 0.1) is 0 Å². The first-order valence-electron chi connectivity index (χ1n) is 13.0. The number of aromatic nitrogens is 1. The number of nitrogens with zero attached hydrogens (tertiary/aromatic N) is 1. The molecule has 2 aromatic carbocycles. The van der Waals surface area contributed by atoms with E-state index in [0.717, 1.165) is 90.2 Å². The van der Waals surface area contributed by atoms with E-state index >= 15 is 0 Å². The predicted octanol–water partition coefficient (Wildman–Crippen LogP) is 6.71. The van der Waals surface area contributed by atoms with Gasteiger partial charge in [-0.05, 0) is 85.9 Å². The van der Waals surface area contributed by atoms with Crippen LogP contribution in [0.15, 0.2) is 54.7 Å². The Morgan fingerprint density at radius 1 is 1.09 bits per heavy atom. The van der Waals surface area contributed by atoms with Crippen LogP contribution in [0.2, 0.25) is 5.02 Å². The van der Waals surface area contributed by atoms with Crippen LogP contribution in [0.25, 0.3) is 11.1 Å². The number of unbranched alkanes of at least 4 members (excludes halogenated alkanes) is 1. The molecule has 0 saturated heterocycles. The highest BCUT2D eigenvalue weighted by Gasteiger charge is 2.44. The van der Waals surface area contributed by atoms with Gasteiger partial charge < -0.3 is 16.2 Å². The minimum absolute atomic E-state index is 0.335. The summed E-state index contributed by atoms with van der Waals surface area (Å²) in [5.74, 6) is 1.40. The Balaban J connectivity index is 1.50. The van der Waals surface area contributed by atoms with Crippen LogP contribution in [-0.4, -0.2) is 17.6 Å². The van der Waals surface area contributed by atoms with Gasteiger partial charge in [0.15, 0.2) is 0 Å². The van der Waals surface area contributed by atoms with Crippen LogP contribution in [0.1, 0.15) is 80.2 Å². The van der Waals surface area contributed by atoms with Crippen molar-refractivity contribution in [1.82, 2.24) is 4.98 Å². The van der Waals surface area contributed by atoms with Crippen LogP contribution in [-0.2, 0) is 12.0 Å². The molecule has 0 amide bonds. The largest absolute Gasteiger partial charge is 0.490 e. The summed E-state index contributed by atoms with van der Waals surface area (Å²) in [5, 5.41) is 0.778. The first-order valence-corrected chi connectivity index (χ1v) is 13.4. The van der Waals surface area contributed by atoms with Crippen molar-refractivity contribution < 1.29 is 4.74 Å². The maximum absolute atomic E-state index is 6.88. The number of hydrogen-bond donors (Lipinski definition) is 2. The number of hydrogen-bond acceptors (Lipinski definition) is 4. The zero-order valence-electron chi connectivity index (χ0n) is 20.6. The molecule has 2 aliphatic rings. The van der Waals surface area contributed by atoms with Crippen molar-refractivity contribution in [2.24, 2.45) is 11.5 Å². The molecule has 4 nitrogen and oxygen atoms in total. The summed E-state index contributed by atoms with van der Waals surface area (Å²) in [6.07, 6.45) is 10.4. The van der Waals surface area contributed by atoms with E-state index in [4.69, 9.17) is 32.8 Å². The zero-order chi connectivity index (χ0) is 24.4. The van der Waals surface area contributed by atoms with Gasteiger partial charge in [-0.2, -0.15) is 0 Å². The Labute approximate surface area is 214 Å². The standard InChI is InChI=1S/C30H36ClN3O/c1-20(6-4-5-16-32)21-9-12-26(31)22(18-21)19-27-29(30(33)14-15-30)25(13-17-34-27)24-7-2-3-8-28(24)35-23-10-11-23/h2-3,7-9,12-13,17-18,20,23H,4-6,10-11,14-16,19,32-33H2,1H3. The molecule has 5 heteroatoms. The molecule has 5 rings (SSSR count). The summed E-state index contributed by atoms with van der Waals surface area (Å²) in [7, 11) is 0. The molecule has 1 unspecified atom stereocenters. The molecular weight excluding hydrogens is 454 g/mol. The molecular formula is C30H36ClN3O. The third kappa shape index (κ3) is 5.55. The molecule has 3 aromatic rings. The van der Waals surface area contributed by atoms with Crippen LogP contribution in [0.5, 0.6) is 5.75 Å². The van der Waals surface area contributed by atoms with Crippen molar-refractivity contribution in [3.05, 3.63) is 82.1 Å². The molecule has 0 bridgehead atoms. The van der Waals surface area contributed by atoms with Crippen LogP contribution in [0.3, 0.4) is 0 Å². The first-order chi connectivity index (χ1) is 17.0. The number of nitrogens with two attached hydrogens (primary N) is 2. The van der Waals surface area contributed by atoms with Crippen molar-refractivity contribution in [1.29, 1.82) is 0 Å². The van der Waals surface area contributed by atoms with Crippen LogP contribution >= 0.6 is 11.6 Å². The quantitative estimate of drug-likeness (QED) is 0.293. The zero-order valence-corrected chi connectivity index (χ0v) is 21.4. The first kappa shape index (κ1) is 24.3. The number of para-hydroxylation sites is 1. The molecule has 4 N–H and O–H groups in total. The van der Waals surface area contributed by atoms with Gasteiger partial charge >= 0.3 is 0 Å². The molecule has 2 saturated carbocycles. The molecule has 1 heterocycles. The Kier molecular flexibility index (Phi) is 7.15. The van der Waals surface area contributed by atoms with Gasteiger partial charge in [-0.15, -0.1) is 0 Å². The third-order valence-electron chi connectivity index (χ3n) is 7.40. The highest BCUT2D eigenvalue weighted by atomic mass is 35.5. The Bertz CT molecular complexity index is 1190. The summed E-state index contributed by atoms with van der Waals surface area (Å²) in [6.45, 7) is 3.03. The maximum Gasteiger partial charge on any atom is 0.127 e. The van der Waals surface area contributed by atoms with Crippen LogP contribution in [0.4, 0.5) is 0 Å². The lowest BCUT2D eigenvalue weighted by atomic mass is 9.89. The van der Waals surface area contributed by atoms with Gasteiger partial charge in [-0.3, -0.25) is 4.98 Å². The number of pyridine rings is 1. The highest BCUT2D eigenvalue weighted by molar-refractivity contribution is 6.31. The van der Waals surface area contributed by atoms with Gasteiger partial charge in [0.1, 0.15) is 5.75 Å². The number of halogens is 1. The van der Waals surface area contributed by atoms with E-state index in [1.54, 1.807) is 0 Å². The van der Waals surface area contributed by atoms with Crippen molar-refractivity contribution in [2.45, 2.75) is 75.9 Å². The Morgan fingerprint density at radius 3 is 2.63 bits per heavy atom. The lowest BCUT2D eigenvalue weighted by Gasteiger charge is -2.22. The summed E-state index contributed by atoms with van der Waals surface area (Å²) in [6, 6.07) is 16.9. The van der Waals surface area contributed by atoms with E-state index in [1.165, 1.54) is 5.56 Å². The fraction of sp³-hybridized carbons (Fsp3) is 0.433. The second-order valence-electron chi connectivity index (χ2n) is 10.4. The highest BCUT2D eigenvalue weighted by Crippen LogP contribution is 2.49. The van der Waals surface area contributed by atoms with Crippen molar-refractivity contribution >= 4 is 11.6 Å². The average molecular weight is 490 g/mol. The van der Waals surface area contributed by atoms with Crippen molar-refractivity contribution in [3.63, 3.8) is 0 Å². The fourth-order valence-corrected chi connectivity index (χ4v) is 5.12. The van der Waals surface area contributed by atoms with E-state index in [1.807, 2.05) is 18.3 Å². The normalized spacial score (nSPS) is 17.3. The van der Waals surface area contributed by atoms with Gasteiger partial charge in [-0.25, -0.2) is 0 Å². The topological polar surface area (TPSA) is 74.2 Å². The van der Waals surface area contributed by atoms with E-state index in [2.05, 4.69) is 43.3 Å². The molecule has 0 radical (unpaired) electrons. The molecule has 2 fully saturated rings. The monoisotopic (exact) mass is 489 g/mol. The molecule has 184 valence electrons. The summed E-state index contributed by atoms with van der Waals surface area (Å²) in [5.41, 5.74) is 19.0. The van der Waals surface area contributed by atoms with E-state index < -0.39 is 0 Å². The molecule has 0 aliphatic heterocycles. The second-order valence-corrected chi connectivity index (χ2v) is 10.8. The maximum atomic E-state index is 6.88. The van der Waals surface area contributed by atoms with Gasteiger partial charge in [0.2, 0.25) is 0 Å². The number of benzene rings is 2. The summed E-state index contributed by atoms with van der Waals surface area (Å²) < 4.78 is 6.27. The predicted molar refractivity (Wildman–Crippen MR) is 144 cm³/mol. The van der Waals surface area contributed by atoms with E-state index in [0.29, 0.717) is 18.4 Å². The Hall–Kier alpha value is -2.40. The van der Waals surface area contributed by atoms with Crippen molar-refractivity contribution in [2.75, 3.05) is 6.54 Å². The molecule has 1 aromatic heterocycles. The third-order valence-corrected chi connectivity index (χ3v) is 7.77. The van der Waals surface area contributed by atoms with Gasteiger partial charge in [0.25, 0.3) is 0 Å². The smallest absolute Gasteiger partial charge is 0.127 e. The summed E-state index contributed by atoms with van der Waals surface area (Å²) in [4.78, 5) is 4.85. The summed E-state index contributed by atoms with van der Waals surface area (Å²) >= 11 is 6.71. The van der Waals surface area contributed by atoms with E-state index in [9.17, 15) is 0 Å². The van der Waals surface area contributed by atoms with E-state index in [-0.39, 0.29) is 5.54 Å². The Morgan fingerprint density at radius 2 is 1.89 bits per heavy atom. The lowest BCUT2D eigenvalue weighted by molar-refractivity contribution is 0.304. The van der Waals surface area contributed by atoms with Gasteiger partial charge in [-0.1, -0.05) is 55.3 Å². The minimum atomic E-state index is -0.342. The second kappa shape index (κ2) is 10.3. The SMILES string of the molecule is CC(CCCCN)c1ccc(Cl)c(Cc2nccc(-c3ccccc3OC3CC3)c2C2(N)CC2)c1. The van der Waals surface area contributed by atoms with Gasteiger partial charge in [0.05, 0.1) is 11.8 Å². The average Bonchev–Trinajstić information content (AvgIpc) is 3.80. The van der Waals surface area contributed by atoms with Crippen LogP contribution < -0.4 is 16.2 Å². The molecule has 2 aliphatic carbocycles. The van der Waals surface area contributed by atoms with Crippen molar-refractivity contribution in [3.8, 4) is 16.9 Å². The van der Waals surface area contributed by atoms with Gasteiger partial charge in [0, 0.05) is 34.3 Å². The molecule has 35 heavy (non-hydrogen) atoms. The molecule has 1 atom stereocenters. The fourth-order valence-electron chi connectivity index (χ4n) is 4.94. The lowest BCUT2D eigenvalue weighted by Crippen LogP contribution is -2.23.